The van der Waals surface area contributed by atoms with E-state index in [0.29, 0.717) is 18.4 Å². The fourth-order valence-corrected chi connectivity index (χ4v) is 3.65. The normalized spacial score (nSPS) is 16.9. The molecule has 0 saturated carbocycles. The summed E-state index contributed by atoms with van der Waals surface area (Å²) in [6, 6.07) is 3.58. The maximum absolute atomic E-state index is 14.5. The number of halogens is 5. The Morgan fingerprint density at radius 3 is 2.31 bits per heavy atom. The lowest BCUT2D eigenvalue weighted by Crippen LogP contribution is -2.18. The number of allylic oxidation sites excluding steroid dienone is 2. The SMILES string of the molecule is C/C=C/CCc1cc(F)c(C2CCc3c(cc(F)c(F)c3F)C2)c(F)c1. The van der Waals surface area contributed by atoms with Crippen LogP contribution in [0.25, 0.3) is 0 Å². The molecule has 0 nitrogen and oxygen atoms in total. The van der Waals surface area contributed by atoms with Crippen LogP contribution >= 0.6 is 0 Å². The molecule has 1 unspecified atom stereocenters. The minimum Gasteiger partial charge on any atom is -0.207 e. The van der Waals surface area contributed by atoms with Gasteiger partial charge in [-0.1, -0.05) is 12.2 Å². The van der Waals surface area contributed by atoms with Crippen molar-refractivity contribution in [1.29, 1.82) is 0 Å². The van der Waals surface area contributed by atoms with E-state index in [-0.39, 0.29) is 36.0 Å². The Hall–Kier alpha value is -2.17. The molecule has 0 radical (unpaired) electrons. The van der Waals surface area contributed by atoms with Crippen LogP contribution in [0.1, 0.15) is 47.9 Å². The first-order valence-electron chi connectivity index (χ1n) is 8.66. The van der Waals surface area contributed by atoms with Crippen LogP contribution in [0.15, 0.2) is 30.4 Å². The summed E-state index contributed by atoms with van der Waals surface area (Å²) in [5.74, 6) is -5.78. The monoisotopic (exact) mass is 366 g/mol. The van der Waals surface area contributed by atoms with Gasteiger partial charge in [-0.25, -0.2) is 22.0 Å². The maximum Gasteiger partial charge on any atom is 0.194 e. The third-order valence-corrected chi connectivity index (χ3v) is 4.95. The summed E-state index contributed by atoms with van der Waals surface area (Å²) >= 11 is 0. The predicted molar refractivity (Wildman–Crippen MR) is 90.6 cm³/mol. The van der Waals surface area contributed by atoms with Crippen molar-refractivity contribution in [2.24, 2.45) is 0 Å². The zero-order chi connectivity index (χ0) is 18.8. The highest BCUT2D eigenvalue weighted by Crippen LogP contribution is 2.37. The molecule has 0 N–H and O–H groups in total. The fraction of sp³-hybridized carbons (Fsp3) is 0.333. The predicted octanol–water partition coefficient (Wildman–Crippen LogP) is 6.16. The van der Waals surface area contributed by atoms with Crippen LogP contribution in [-0.4, -0.2) is 0 Å². The minimum absolute atomic E-state index is 0.0597. The van der Waals surface area contributed by atoms with Crippen molar-refractivity contribution in [1.82, 2.24) is 0 Å². The van der Waals surface area contributed by atoms with Crippen molar-refractivity contribution in [2.45, 2.75) is 44.9 Å². The van der Waals surface area contributed by atoms with Crippen molar-refractivity contribution in [3.8, 4) is 0 Å². The third kappa shape index (κ3) is 3.53. The number of aryl methyl sites for hydroxylation is 1. The number of benzene rings is 2. The molecular weight excluding hydrogens is 347 g/mol. The lowest BCUT2D eigenvalue weighted by molar-refractivity contribution is 0.424. The van der Waals surface area contributed by atoms with Gasteiger partial charge in [-0.2, -0.15) is 0 Å². The highest BCUT2D eigenvalue weighted by molar-refractivity contribution is 5.38. The van der Waals surface area contributed by atoms with Gasteiger partial charge >= 0.3 is 0 Å². The molecule has 0 saturated heterocycles. The van der Waals surface area contributed by atoms with Crippen LogP contribution in [0, 0.1) is 29.1 Å². The second-order valence-electron chi connectivity index (χ2n) is 6.64. The van der Waals surface area contributed by atoms with E-state index in [1.807, 2.05) is 19.1 Å². The van der Waals surface area contributed by atoms with Crippen molar-refractivity contribution in [3.63, 3.8) is 0 Å². The van der Waals surface area contributed by atoms with E-state index in [4.69, 9.17) is 0 Å². The highest BCUT2D eigenvalue weighted by atomic mass is 19.2. The Morgan fingerprint density at radius 1 is 0.962 bits per heavy atom. The van der Waals surface area contributed by atoms with Crippen molar-refractivity contribution in [2.75, 3.05) is 0 Å². The summed E-state index contributed by atoms with van der Waals surface area (Å²) in [4.78, 5) is 0. The molecule has 0 fully saturated rings. The molecule has 2 aromatic carbocycles. The average Bonchev–Trinajstić information content (AvgIpc) is 2.59. The number of hydrogen-bond acceptors (Lipinski definition) is 0. The second kappa shape index (κ2) is 7.60. The molecule has 1 aliphatic rings. The van der Waals surface area contributed by atoms with E-state index in [2.05, 4.69) is 0 Å². The minimum atomic E-state index is -1.50. The second-order valence-corrected chi connectivity index (χ2v) is 6.64. The summed E-state index contributed by atoms with van der Waals surface area (Å²) < 4.78 is 69.8. The topological polar surface area (TPSA) is 0 Å². The standard InChI is InChI=1S/C21H19F5/c1-2-3-4-5-12-8-16(22)19(17(23)9-12)13-6-7-15-14(10-13)11-18(24)21(26)20(15)25/h2-3,8-9,11,13H,4-7,10H2,1H3/b3-2+. The zero-order valence-corrected chi connectivity index (χ0v) is 14.4. The summed E-state index contributed by atoms with van der Waals surface area (Å²) in [6.07, 6.45) is 5.49. The molecule has 26 heavy (non-hydrogen) atoms. The van der Waals surface area contributed by atoms with E-state index >= 15 is 0 Å². The summed E-state index contributed by atoms with van der Waals surface area (Å²) in [5.41, 5.74) is 0.880. The van der Waals surface area contributed by atoms with Gasteiger partial charge in [-0.15, -0.1) is 0 Å². The van der Waals surface area contributed by atoms with E-state index in [0.717, 1.165) is 6.07 Å². The molecule has 0 spiro atoms. The van der Waals surface area contributed by atoms with Crippen molar-refractivity contribution in [3.05, 3.63) is 81.7 Å². The molecule has 0 heterocycles. The summed E-state index contributed by atoms with van der Waals surface area (Å²) in [6.45, 7) is 1.88. The number of rotatable bonds is 4. The van der Waals surface area contributed by atoms with Crippen LogP contribution in [0.5, 0.6) is 0 Å². The molecule has 1 atom stereocenters. The van der Waals surface area contributed by atoms with Gasteiger partial charge in [0.05, 0.1) is 0 Å². The van der Waals surface area contributed by atoms with Crippen LogP contribution in [0.2, 0.25) is 0 Å². The van der Waals surface area contributed by atoms with Crippen LogP contribution < -0.4 is 0 Å². The van der Waals surface area contributed by atoms with E-state index in [9.17, 15) is 22.0 Å². The van der Waals surface area contributed by atoms with Crippen LogP contribution in [0.4, 0.5) is 22.0 Å². The average molecular weight is 366 g/mol. The van der Waals surface area contributed by atoms with Gasteiger partial charge in [0.15, 0.2) is 17.5 Å². The van der Waals surface area contributed by atoms with Crippen molar-refractivity contribution < 1.29 is 22.0 Å². The quantitative estimate of drug-likeness (QED) is 0.345. The molecule has 3 rings (SSSR count). The molecule has 1 aliphatic carbocycles. The van der Waals surface area contributed by atoms with Crippen LogP contribution in [-0.2, 0) is 19.3 Å². The molecule has 0 bridgehead atoms. The summed E-state index contributed by atoms with van der Waals surface area (Å²) in [5, 5.41) is 0. The Morgan fingerprint density at radius 2 is 1.65 bits per heavy atom. The van der Waals surface area contributed by atoms with Crippen molar-refractivity contribution >= 4 is 0 Å². The third-order valence-electron chi connectivity index (χ3n) is 4.95. The molecule has 0 aliphatic heterocycles. The van der Waals surface area contributed by atoms with Crippen LogP contribution in [0.3, 0.4) is 0 Å². The number of hydrogen-bond donors (Lipinski definition) is 0. The lowest BCUT2D eigenvalue weighted by Gasteiger charge is -2.26. The van der Waals surface area contributed by atoms with E-state index in [1.165, 1.54) is 12.1 Å². The van der Waals surface area contributed by atoms with Gasteiger partial charge in [0.1, 0.15) is 11.6 Å². The summed E-state index contributed by atoms with van der Waals surface area (Å²) in [7, 11) is 0. The molecule has 5 heteroatoms. The van der Waals surface area contributed by atoms with E-state index < -0.39 is 35.0 Å². The van der Waals surface area contributed by atoms with Gasteiger partial charge in [0, 0.05) is 5.56 Å². The van der Waals surface area contributed by atoms with Gasteiger partial charge in [-0.05, 0) is 79.8 Å². The Balaban J connectivity index is 1.89. The first-order chi connectivity index (χ1) is 12.4. The number of fused-ring (bicyclic) bond motifs is 1. The Kier molecular flexibility index (Phi) is 5.44. The first-order valence-corrected chi connectivity index (χ1v) is 8.66. The highest BCUT2D eigenvalue weighted by Gasteiger charge is 2.29. The van der Waals surface area contributed by atoms with Gasteiger partial charge in [0.25, 0.3) is 0 Å². The maximum atomic E-state index is 14.5. The van der Waals surface area contributed by atoms with Gasteiger partial charge in [0.2, 0.25) is 0 Å². The zero-order valence-electron chi connectivity index (χ0n) is 14.4. The smallest absolute Gasteiger partial charge is 0.194 e. The molecule has 0 amide bonds. The fourth-order valence-electron chi connectivity index (χ4n) is 3.65. The molecule has 0 aromatic heterocycles. The lowest BCUT2D eigenvalue weighted by atomic mass is 9.79. The van der Waals surface area contributed by atoms with Gasteiger partial charge in [-0.3, -0.25) is 0 Å². The first kappa shape index (κ1) is 18.6. The van der Waals surface area contributed by atoms with E-state index in [1.54, 1.807) is 0 Å². The molecule has 2 aromatic rings. The largest absolute Gasteiger partial charge is 0.207 e. The Labute approximate surface area is 149 Å². The van der Waals surface area contributed by atoms with Gasteiger partial charge < -0.3 is 0 Å². The molecular formula is C21H19F5. The molecule has 138 valence electrons. The Bertz CT molecular complexity index is 831.